The number of aromatic nitrogens is 3. The van der Waals surface area contributed by atoms with Crippen molar-refractivity contribution >= 4 is 0 Å². The van der Waals surface area contributed by atoms with Gasteiger partial charge in [-0.05, 0) is 56.5 Å². The number of hydrogen-bond donors (Lipinski definition) is 1. The maximum absolute atomic E-state index is 6.05. The molecule has 27 heavy (non-hydrogen) atoms. The SMILES string of the molecule is CCCCCC(C)OCC[C@@H](CCNCc1ccnnc1)c1ccccn1. The topological polar surface area (TPSA) is 59.9 Å². The van der Waals surface area contributed by atoms with Gasteiger partial charge in [0.1, 0.15) is 0 Å². The standard InChI is InChI=1S/C22H34N4O/c1-3-4-5-8-19(2)27-16-12-21(22-9-6-7-13-24-22)11-14-23-17-20-10-15-25-26-18-20/h6-7,9-10,13,15,18-19,21,23H,3-5,8,11-12,14,16-17H2,1-2H3/t19?,21-/m1/s1. The molecule has 0 aromatic carbocycles. The van der Waals surface area contributed by atoms with E-state index in [9.17, 15) is 0 Å². The van der Waals surface area contributed by atoms with Gasteiger partial charge in [0, 0.05) is 37.2 Å². The number of unbranched alkanes of at least 4 members (excludes halogenated alkanes) is 2. The Morgan fingerprint density at radius 3 is 2.70 bits per heavy atom. The lowest BCUT2D eigenvalue weighted by molar-refractivity contribution is 0.0532. The van der Waals surface area contributed by atoms with Gasteiger partial charge in [-0.1, -0.05) is 32.3 Å². The van der Waals surface area contributed by atoms with Crippen LogP contribution < -0.4 is 5.32 Å². The van der Waals surface area contributed by atoms with E-state index in [0.29, 0.717) is 12.0 Å². The number of ether oxygens (including phenoxy) is 1. The highest BCUT2D eigenvalue weighted by Gasteiger charge is 2.13. The second-order valence-corrected chi connectivity index (χ2v) is 7.13. The van der Waals surface area contributed by atoms with Crippen molar-refractivity contribution < 1.29 is 4.74 Å². The molecular weight excluding hydrogens is 336 g/mol. The van der Waals surface area contributed by atoms with Crippen LogP contribution in [0.5, 0.6) is 0 Å². The van der Waals surface area contributed by atoms with Gasteiger partial charge in [0.25, 0.3) is 0 Å². The van der Waals surface area contributed by atoms with Crippen molar-refractivity contribution in [3.8, 4) is 0 Å². The third-order valence-electron chi connectivity index (χ3n) is 4.83. The molecule has 2 rings (SSSR count). The van der Waals surface area contributed by atoms with Crippen LogP contribution in [0.4, 0.5) is 0 Å². The zero-order chi connectivity index (χ0) is 19.2. The monoisotopic (exact) mass is 370 g/mol. The Bertz CT molecular complexity index is 594. The Kier molecular flexibility index (Phi) is 10.6. The fourth-order valence-corrected chi connectivity index (χ4v) is 3.17. The fourth-order valence-electron chi connectivity index (χ4n) is 3.17. The van der Waals surface area contributed by atoms with E-state index < -0.39 is 0 Å². The third kappa shape index (κ3) is 9.07. The number of nitrogens with one attached hydrogen (secondary N) is 1. The summed E-state index contributed by atoms with van der Waals surface area (Å²) < 4.78 is 6.05. The van der Waals surface area contributed by atoms with E-state index >= 15 is 0 Å². The van der Waals surface area contributed by atoms with Gasteiger partial charge >= 0.3 is 0 Å². The highest BCUT2D eigenvalue weighted by atomic mass is 16.5. The van der Waals surface area contributed by atoms with Crippen LogP contribution in [0.15, 0.2) is 42.9 Å². The van der Waals surface area contributed by atoms with Crippen molar-refractivity contribution in [1.82, 2.24) is 20.5 Å². The molecule has 0 amide bonds. The molecular formula is C22H34N4O. The van der Waals surface area contributed by atoms with E-state index in [1.54, 1.807) is 12.4 Å². The summed E-state index contributed by atoms with van der Waals surface area (Å²) in [4.78, 5) is 4.57. The fraction of sp³-hybridized carbons (Fsp3) is 0.591. The van der Waals surface area contributed by atoms with E-state index in [0.717, 1.165) is 50.2 Å². The molecule has 0 aliphatic rings. The largest absolute Gasteiger partial charge is 0.378 e. The van der Waals surface area contributed by atoms with Crippen LogP contribution in [-0.4, -0.2) is 34.4 Å². The highest BCUT2D eigenvalue weighted by molar-refractivity contribution is 5.09. The molecule has 1 N–H and O–H groups in total. The first-order chi connectivity index (χ1) is 13.3. The van der Waals surface area contributed by atoms with Crippen molar-refractivity contribution in [2.75, 3.05) is 13.2 Å². The molecule has 2 aromatic heterocycles. The maximum Gasteiger partial charge on any atom is 0.0547 e. The Morgan fingerprint density at radius 1 is 1.04 bits per heavy atom. The lowest BCUT2D eigenvalue weighted by atomic mass is 9.97. The molecule has 0 fully saturated rings. The van der Waals surface area contributed by atoms with Gasteiger partial charge in [0.05, 0.1) is 12.3 Å². The molecule has 148 valence electrons. The molecule has 0 bridgehead atoms. The summed E-state index contributed by atoms with van der Waals surface area (Å²) in [6, 6.07) is 8.16. The van der Waals surface area contributed by atoms with E-state index in [-0.39, 0.29) is 0 Å². The summed E-state index contributed by atoms with van der Waals surface area (Å²) in [5.41, 5.74) is 2.32. The molecule has 2 aromatic rings. The molecule has 5 heteroatoms. The van der Waals surface area contributed by atoms with Gasteiger partial charge in [0.15, 0.2) is 0 Å². The first kappa shape index (κ1) is 21.5. The van der Waals surface area contributed by atoms with Crippen LogP contribution in [0, 0.1) is 0 Å². The van der Waals surface area contributed by atoms with Gasteiger partial charge in [-0.15, -0.1) is 0 Å². The first-order valence-corrected chi connectivity index (χ1v) is 10.3. The Balaban J connectivity index is 1.74. The van der Waals surface area contributed by atoms with Crippen molar-refractivity contribution in [2.24, 2.45) is 0 Å². The quantitative estimate of drug-likeness (QED) is 0.496. The lowest BCUT2D eigenvalue weighted by Crippen LogP contribution is -2.19. The second kappa shape index (κ2) is 13.3. The minimum absolute atomic E-state index is 0.346. The maximum atomic E-state index is 6.05. The molecule has 1 unspecified atom stereocenters. The second-order valence-electron chi connectivity index (χ2n) is 7.13. The van der Waals surface area contributed by atoms with Crippen molar-refractivity contribution in [2.45, 2.75) is 70.9 Å². The summed E-state index contributed by atoms with van der Waals surface area (Å²) >= 11 is 0. The summed E-state index contributed by atoms with van der Waals surface area (Å²) in [5.74, 6) is 0.414. The van der Waals surface area contributed by atoms with Crippen molar-refractivity contribution in [1.29, 1.82) is 0 Å². The Morgan fingerprint density at radius 2 is 1.96 bits per heavy atom. The van der Waals surface area contributed by atoms with Crippen LogP contribution in [0.2, 0.25) is 0 Å². The summed E-state index contributed by atoms with van der Waals surface area (Å²) in [6.07, 6.45) is 12.8. The van der Waals surface area contributed by atoms with E-state index in [2.05, 4.69) is 46.5 Å². The van der Waals surface area contributed by atoms with Gasteiger partial charge in [-0.25, -0.2) is 0 Å². The molecule has 0 saturated heterocycles. The normalized spacial score (nSPS) is 13.4. The molecule has 5 nitrogen and oxygen atoms in total. The first-order valence-electron chi connectivity index (χ1n) is 10.3. The molecule has 0 radical (unpaired) electrons. The van der Waals surface area contributed by atoms with Gasteiger partial charge in [0.2, 0.25) is 0 Å². The highest BCUT2D eigenvalue weighted by Crippen LogP contribution is 2.21. The number of pyridine rings is 1. The molecule has 0 saturated carbocycles. The van der Waals surface area contributed by atoms with Crippen LogP contribution in [0.3, 0.4) is 0 Å². The van der Waals surface area contributed by atoms with E-state index in [1.165, 1.54) is 19.3 Å². The molecule has 0 spiro atoms. The predicted molar refractivity (Wildman–Crippen MR) is 110 cm³/mol. The minimum atomic E-state index is 0.346. The van der Waals surface area contributed by atoms with Gasteiger partial charge in [-0.3, -0.25) is 4.98 Å². The smallest absolute Gasteiger partial charge is 0.0547 e. The third-order valence-corrected chi connectivity index (χ3v) is 4.83. The Labute approximate surface area is 164 Å². The van der Waals surface area contributed by atoms with Crippen molar-refractivity contribution in [3.63, 3.8) is 0 Å². The molecule has 0 aliphatic carbocycles. The van der Waals surface area contributed by atoms with E-state index in [4.69, 9.17) is 4.74 Å². The zero-order valence-corrected chi connectivity index (χ0v) is 16.8. The number of nitrogens with zero attached hydrogens (tertiary/aromatic N) is 3. The van der Waals surface area contributed by atoms with Gasteiger partial charge in [-0.2, -0.15) is 10.2 Å². The van der Waals surface area contributed by atoms with Crippen LogP contribution >= 0.6 is 0 Å². The van der Waals surface area contributed by atoms with Crippen LogP contribution in [0.1, 0.15) is 69.5 Å². The minimum Gasteiger partial charge on any atom is -0.378 e. The van der Waals surface area contributed by atoms with E-state index in [1.807, 2.05) is 18.3 Å². The summed E-state index contributed by atoms with van der Waals surface area (Å²) in [7, 11) is 0. The average Bonchev–Trinajstić information content (AvgIpc) is 2.71. The molecule has 2 atom stereocenters. The lowest BCUT2D eigenvalue weighted by Gasteiger charge is -2.19. The van der Waals surface area contributed by atoms with Crippen LogP contribution in [0.25, 0.3) is 0 Å². The predicted octanol–water partition coefficient (Wildman–Crippen LogP) is 4.51. The van der Waals surface area contributed by atoms with Crippen LogP contribution in [-0.2, 0) is 11.3 Å². The number of rotatable bonds is 14. The zero-order valence-electron chi connectivity index (χ0n) is 16.8. The average molecular weight is 371 g/mol. The van der Waals surface area contributed by atoms with Crippen molar-refractivity contribution in [3.05, 3.63) is 54.1 Å². The Hall–Kier alpha value is -1.85. The summed E-state index contributed by atoms with van der Waals surface area (Å²) in [5, 5.41) is 11.2. The summed E-state index contributed by atoms with van der Waals surface area (Å²) in [6.45, 7) is 6.98. The molecule has 0 aliphatic heterocycles. The van der Waals surface area contributed by atoms with Gasteiger partial charge < -0.3 is 10.1 Å². The number of hydrogen-bond acceptors (Lipinski definition) is 5. The molecule has 2 heterocycles.